The van der Waals surface area contributed by atoms with Crippen molar-refractivity contribution in [2.24, 2.45) is 0 Å². The van der Waals surface area contributed by atoms with E-state index in [9.17, 15) is 0 Å². The number of alkyl halides is 1. The first-order valence-corrected chi connectivity index (χ1v) is 6.98. The van der Waals surface area contributed by atoms with Crippen LogP contribution in [0.1, 0.15) is 5.56 Å². The molecule has 100 valence electrons. The molecule has 2 nitrogen and oxygen atoms in total. The predicted octanol–water partition coefficient (Wildman–Crippen LogP) is 3.96. The third-order valence-corrected chi connectivity index (χ3v) is 2.97. The van der Waals surface area contributed by atoms with Crippen LogP contribution in [-0.4, -0.2) is 19.0 Å². The summed E-state index contributed by atoms with van der Waals surface area (Å²) < 4.78 is 5.61. The van der Waals surface area contributed by atoms with E-state index in [1.165, 1.54) is 5.56 Å². The molecule has 0 unspecified atom stereocenters. The fourth-order valence-electron chi connectivity index (χ4n) is 1.78. The molecule has 0 spiro atoms. The fraction of sp³-hybridized carbons (Fsp3) is 0.250. The van der Waals surface area contributed by atoms with Gasteiger partial charge in [-0.2, -0.15) is 0 Å². The van der Waals surface area contributed by atoms with Crippen LogP contribution in [0.5, 0.6) is 5.75 Å². The second-order valence-electron chi connectivity index (χ2n) is 4.22. The van der Waals surface area contributed by atoms with E-state index in [0.29, 0.717) is 12.5 Å². The molecule has 2 aromatic rings. The Morgan fingerprint density at radius 3 is 2.37 bits per heavy atom. The number of benzene rings is 2. The van der Waals surface area contributed by atoms with Crippen LogP contribution in [0.2, 0.25) is 0 Å². The molecule has 2 aromatic carbocycles. The maximum absolute atomic E-state index is 5.70. The molecule has 2 rings (SSSR count). The van der Waals surface area contributed by atoms with Gasteiger partial charge in [-0.1, -0.05) is 30.3 Å². The normalized spacial score (nSPS) is 10.2. The maximum Gasteiger partial charge on any atom is 0.119 e. The number of aryl methyl sites for hydroxylation is 1. The summed E-state index contributed by atoms with van der Waals surface area (Å²) in [7, 11) is 0. The molecule has 0 radical (unpaired) electrons. The summed E-state index contributed by atoms with van der Waals surface area (Å²) in [6.45, 7) is 1.43. The van der Waals surface area contributed by atoms with Gasteiger partial charge >= 0.3 is 0 Å². The molecule has 1 N–H and O–H groups in total. The van der Waals surface area contributed by atoms with Gasteiger partial charge in [0.1, 0.15) is 12.4 Å². The van der Waals surface area contributed by atoms with Gasteiger partial charge < -0.3 is 10.1 Å². The van der Waals surface area contributed by atoms with Crippen molar-refractivity contribution in [3.05, 3.63) is 60.2 Å². The van der Waals surface area contributed by atoms with Crippen molar-refractivity contribution in [2.45, 2.75) is 6.42 Å². The first-order valence-electron chi connectivity index (χ1n) is 6.45. The summed E-state index contributed by atoms with van der Waals surface area (Å²) >= 11 is 5.70. The van der Waals surface area contributed by atoms with E-state index < -0.39 is 0 Å². The highest BCUT2D eigenvalue weighted by atomic mass is 35.5. The number of rotatable bonds is 7. The van der Waals surface area contributed by atoms with Crippen LogP contribution in [0.25, 0.3) is 0 Å². The van der Waals surface area contributed by atoms with Crippen molar-refractivity contribution in [1.29, 1.82) is 0 Å². The molecule has 0 saturated carbocycles. The Labute approximate surface area is 119 Å². The van der Waals surface area contributed by atoms with Crippen molar-refractivity contribution in [3.8, 4) is 5.75 Å². The minimum atomic E-state index is 0.646. The third kappa shape index (κ3) is 4.84. The molecule has 0 saturated heterocycles. The Morgan fingerprint density at radius 1 is 0.947 bits per heavy atom. The first kappa shape index (κ1) is 13.8. The summed E-state index contributed by atoms with van der Waals surface area (Å²) in [5, 5.41) is 3.33. The van der Waals surface area contributed by atoms with Gasteiger partial charge in [0.2, 0.25) is 0 Å². The summed E-state index contributed by atoms with van der Waals surface area (Å²) in [6.07, 6.45) is 0.916. The molecule has 0 fully saturated rings. The summed E-state index contributed by atoms with van der Waals surface area (Å²) in [4.78, 5) is 0. The molecule has 0 aliphatic heterocycles. The van der Waals surface area contributed by atoms with Crippen LogP contribution < -0.4 is 10.1 Å². The van der Waals surface area contributed by atoms with Gasteiger partial charge in [-0.15, -0.1) is 11.6 Å². The largest absolute Gasteiger partial charge is 0.492 e. The van der Waals surface area contributed by atoms with E-state index in [1.807, 2.05) is 30.3 Å². The highest BCUT2D eigenvalue weighted by Gasteiger charge is 1.95. The average Bonchev–Trinajstić information content (AvgIpc) is 2.47. The Balaban J connectivity index is 1.70. The smallest absolute Gasteiger partial charge is 0.119 e. The highest BCUT2D eigenvalue weighted by molar-refractivity contribution is 6.17. The zero-order valence-corrected chi connectivity index (χ0v) is 11.6. The van der Waals surface area contributed by atoms with Crippen LogP contribution in [0.15, 0.2) is 54.6 Å². The SMILES string of the molecule is ClCCc1ccc(NCCOc2ccccc2)cc1. The minimum absolute atomic E-state index is 0.646. The molecular weight excluding hydrogens is 258 g/mol. The van der Waals surface area contributed by atoms with Gasteiger partial charge in [0, 0.05) is 18.1 Å². The average molecular weight is 276 g/mol. The van der Waals surface area contributed by atoms with Crippen molar-refractivity contribution in [2.75, 3.05) is 24.3 Å². The van der Waals surface area contributed by atoms with Gasteiger partial charge in [0.15, 0.2) is 0 Å². The van der Waals surface area contributed by atoms with Crippen LogP contribution >= 0.6 is 11.6 Å². The topological polar surface area (TPSA) is 21.3 Å². The van der Waals surface area contributed by atoms with Gasteiger partial charge in [-0.25, -0.2) is 0 Å². The van der Waals surface area contributed by atoms with Gasteiger partial charge in [0.05, 0.1) is 0 Å². The lowest BCUT2D eigenvalue weighted by Crippen LogP contribution is -2.11. The molecule has 0 amide bonds. The zero-order chi connectivity index (χ0) is 13.3. The molecule has 0 aliphatic rings. The number of hydrogen-bond acceptors (Lipinski definition) is 2. The van der Waals surface area contributed by atoms with E-state index in [2.05, 4.69) is 29.6 Å². The minimum Gasteiger partial charge on any atom is -0.492 e. The second-order valence-corrected chi connectivity index (χ2v) is 4.60. The lowest BCUT2D eigenvalue weighted by Gasteiger charge is -2.09. The summed E-state index contributed by atoms with van der Waals surface area (Å²) in [5.41, 5.74) is 2.37. The first-order chi connectivity index (χ1) is 9.38. The summed E-state index contributed by atoms with van der Waals surface area (Å²) in [6, 6.07) is 18.2. The number of hydrogen-bond donors (Lipinski definition) is 1. The van der Waals surface area contributed by atoms with E-state index in [4.69, 9.17) is 16.3 Å². The van der Waals surface area contributed by atoms with E-state index in [1.54, 1.807) is 0 Å². The van der Waals surface area contributed by atoms with Crippen LogP contribution in [0.4, 0.5) is 5.69 Å². The van der Waals surface area contributed by atoms with Crippen molar-refractivity contribution >= 4 is 17.3 Å². The van der Waals surface area contributed by atoms with E-state index >= 15 is 0 Å². The molecule has 19 heavy (non-hydrogen) atoms. The van der Waals surface area contributed by atoms with E-state index in [-0.39, 0.29) is 0 Å². The molecule has 0 heterocycles. The second kappa shape index (κ2) is 7.70. The van der Waals surface area contributed by atoms with Gasteiger partial charge in [-0.3, -0.25) is 0 Å². The van der Waals surface area contributed by atoms with Crippen LogP contribution in [0.3, 0.4) is 0 Å². The molecular formula is C16H18ClNO. The molecule has 0 aliphatic carbocycles. The van der Waals surface area contributed by atoms with Crippen molar-refractivity contribution in [3.63, 3.8) is 0 Å². The van der Waals surface area contributed by atoms with Crippen LogP contribution in [-0.2, 0) is 6.42 Å². The molecule has 3 heteroatoms. The van der Waals surface area contributed by atoms with Crippen molar-refractivity contribution in [1.82, 2.24) is 0 Å². The number of nitrogens with one attached hydrogen (secondary N) is 1. The van der Waals surface area contributed by atoms with Gasteiger partial charge in [-0.05, 0) is 36.2 Å². The standard InChI is InChI=1S/C16H18ClNO/c17-11-10-14-6-8-15(9-7-14)18-12-13-19-16-4-2-1-3-5-16/h1-9,18H,10-13H2. The Hall–Kier alpha value is -1.67. The van der Waals surface area contributed by atoms with Crippen molar-refractivity contribution < 1.29 is 4.74 Å². The lowest BCUT2D eigenvalue weighted by atomic mass is 10.1. The van der Waals surface area contributed by atoms with E-state index in [0.717, 1.165) is 24.4 Å². The number of ether oxygens (including phenoxy) is 1. The molecule has 0 bridgehead atoms. The van der Waals surface area contributed by atoms with Crippen LogP contribution in [0, 0.1) is 0 Å². The lowest BCUT2D eigenvalue weighted by molar-refractivity contribution is 0.333. The molecule has 0 aromatic heterocycles. The fourth-order valence-corrected chi connectivity index (χ4v) is 2.00. The Kier molecular flexibility index (Phi) is 5.57. The quantitative estimate of drug-likeness (QED) is 0.610. The van der Waals surface area contributed by atoms with Gasteiger partial charge in [0.25, 0.3) is 0 Å². The maximum atomic E-state index is 5.70. The molecule has 0 atom stereocenters. The predicted molar refractivity (Wildman–Crippen MR) is 81.3 cm³/mol. The number of anilines is 1. The monoisotopic (exact) mass is 275 g/mol. The third-order valence-electron chi connectivity index (χ3n) is 2.78. The summed E-state index contributed by atoms with van der Waals surface area (Å²) in [5.74, 6) is 1.57. The number of para-hydroxylation sites is 1. The highest BCUT2D eigenvalue weighted by Crippen LogP contribution is 2.11. The zero-order valence-electron chi connectivity index (χ0n) is 10.8. The Morgan fingerprint density at radius 2 is 1.68 bits per heavy atom. The Bertz CT molecular complexity index is 470. The number of halogens is 1.